The molecule has 0 spiro atoms. The fourth-order valence-corrected chi connectivity index (χ4v) is 4.16. The van der Waals surface area contributed by atoms with Crippen LogP contribution in [0.3, 0.4) is 0 Å². The van der Waals surface area contributed by atoms with Gasteiger partial charge in [-0.2, -0.15) is 0 Å². The van der Waals surface area contributed by atoms with Crippen LogP contribution in [0.25, 0.3) is 10.9 Å². The van der Waals surface area contributed by atoms with Crippen molar-refractivity contribution in [2.75, 3.05) is 20.8 Å². The largest absolute Gasteiger partial charge is 0.493 e. The summed E-state index contributed by atoms with van der Waals surface area (Å²) in [6, 6.07) is 12.6. The molecule has 0 saturated carbocycles. The number of para-hydroxylation sites is 1. The quantitative estimate of drug-likeness (QED) is 0.356. The standard InChI is InChI=1S/C23H27N3O5S/c1-15(21(28)24-14-16-9-10-19(30-2)20(13-16)31-3)32-23-25-18-8-5-4-7-17(18)22(29)26(23)11-6-12-27/h4-5,7-10,13,15,27H,6,11-12,14H2,1-3H3,(H,24,28). The molecule has 0 saturated heterocycles. The van der Waals surface area contributed by atoms with Crippen molar-refractivity contribution >= 4 is 28.6 Å². The van der Waals surface area contributed by atoms with Crippen LogP contribution in [0.5, 0.6) is 11.5 Å². The minimum Gasteiger partial charge on any atom is -0.493 e. The topological polar surface area (TPSA) is 103 Å². The summed E-state index contributed by atoms with van der Waals surface area (Å²) in [6.07, 6.45) is 0.424. The molecular formula is C23H27N3O5S. The molecular weight excluding hydrogens is 430 g/mol. The first-order chi connectivity index (χ1) is 15.5. The molecule has 3 rings (SSSR count). The average molecular weight is 458 g/mol. The Bertz CT molecular complexity index is 1150. The van der Waals surface area contributed by atoms with Crippen molar-refractivity contribution < 1.29 is 19.4 Å². The van der Waals surface area contributed by atoms with Gasteiger partial charge in [0.05, 0.1) is 30.4 Å². The summed E-state index contributed by atoms with van der Waals surface area (Å²) in [5.74, 6) is 1.03. The Hall–Kier alpha value is -3.04. The molecule has 170 valence electrons. The molecule has 1 heterocycles. The zero-order valence-corrected chi connectivity index (χ0v) is 19.1. The number of carbonyl (C=O) groups excluding carboxylic acids is 1. The molecule has 2 aromatic carbocycles. The number of nitrogens with zero attached hydrogens (tertiary/aromatic N) is 2. The lowest BCUT2D eigenvalue weighted by atomic mass is 10.2. The smallest absolute Gasteiger partial charge is 0.262 e. The number of thioether (sulfide) groups is 1. The van der Waals surface area contributed by atoms with E-state index in [1.165, 1.54) is 16.3 Å². The Balaban J connectivity index is 1.75. The predicted molar refractivity (Wildman–Crippen MR) is 124 cm³/mol. The van der Waals surface area contributed by atoms with Gasteiger partial charge in [-0.3, -0.25) is 14.2 Å². The maximum atomic E-state index is 12.9. The summed E-state index contributed by atoms with van der Waals surface area (Å²) in [4.78, 5) is 30.3. The maximum Gasteiger partial charge on any atom is 0.262 e. The summed E-state index contributed by atoms with van der Waals surface area (Å²) in [7, 11) is 3.13. The van der Waals surface area contributed by atoms with E-state index in [-0.39, 0.29) is 18.1 Å². The fourth-order valence-electron chi connectivity index (χ4n) is 3.20. The molecule has 0 bridgehead atoms. The van der Waals surface area contributed by atoms with E-state index in [4.69, 9.17) is 9.47 Å². The van der Waals surface area contributed by atoms with Gasteiger partial charge >= 0.3 is 0 Å². The zero-order chi connectivity index (χ0) is 23.1. The normalized spacial score (nSPS) is 11.9. The summed E-state index contributed by atoms with van der Waals surface area (Å²) >= 11 is 1.22. The van der Waals surface area contributed by atoms with Gasteiger partial charge in [0.25, 0.3) is 5.56 Å². The van der Waals surface area contributed by atoms with Gasteiger partial charge in [-0.1, -0.05) is 30.0 Å². The maximum absolute atomic E-state index is 12.9. The van der Waals surface area contributed by atoms with Gasteiger partial charge in [-0.15, -0.1) is 0 Å². The second kappa shape index (κ2) is 11.0. The third-order valence-electron chi connectivity index (χ3n) is 4.93. The average Bonchev–Trinajstić information content (AvgIpc) is 2.82. The third-order valence-corrected chi connectivity index (χ3v) is 6.02. The number of ether oxygens (including phenoxy) is 2. The van der Waals surface area contributed by atoms with Crippen LogP contribution in [-0.2, 0) is 17.9 Å². The van der Waals surface area contributed by atoms with Gasteiger partial charge in [-0.05, 0) is 43.2 Å². The van der Waals surface area contributed by atoms with E-state index in [9.17, 15) is 14.7 Å². The molecule has 0 aliphatic carbocycles. The second-order valence-corrected chi connectivity index (χ2v) is 8.42. The molecule has 0 fully saturated rings. The number of aliphatic hydroxyl groups excluding tert-OH is 1. The molecule has 0 aliphatic rings. The van der Waals surface area contributed by atoms with E-state index in [1.54, 1.807) is 45.4 Å². The molecule has 0 radical (unpaired) electrons. The fraction of sp³-hybridized carbons (Fsp3) is 0.348. The van der Waals surface area contributed by atoms with Crippen molar-refractivity contribution in [2.45, 2.75) is 36.8 Å². The molecule has 3 aromatic rings. The number of methoxy groups -OCH3 is 2. The molecule has 2 N–H and O–H groups in total. The van der Waals surface area contributed by atoms with Crippen molar-refractivity contribution in [3.63, 3.8) is 0 Å². The van der Waals surface area contributed by atoms with Gasteiger partial charge < -0.3 is 19.9 Å². The number of amides is 1. The minimum atomic E-state index is -0.483. The van der Waals surface area contributed by atoms with E-state index >= 15 is 0 Å². The van der Waals surface area contributed by atoms with Crippen LogP contribution in [0.15, 0.2) is 52.4 Å². The number of hydrogen-bond acceptors (Lipinski definition) is 7. The first-order valence-corrected chi connectivity index (χ1v) is 11.1. The van der Waals surface area contributed by atoms with Crippen molar-refractivity contribution in [2.24, 2.45) is 0 Å². The second-order valence-electron chi connectivity index (χ2n) is 7.11. The lowest BCUT2D eigenvalue weighted by Gasteiger charge is -2.16. The van der Waals surface area contributed by atoms with Gasteiger partial charge in [0.1, 0.15) is 0 Å². The number of rotatable bonds is 10. The summed E-state index contributed by atoms with van der Waals surface area (Å²) in [5, 5.41) is 12.6. The number of hydrogen-bond donors (Lipinski definition) is 2. The monoisotopic (exact) mass is 457 g/mol. The van der Waals surface area contributed by atoms with Crippen LogP contribution in [0.4, 0.5) is 0 Å². The Labute approximate surface area is 190 Å². The minimum absolute atomic E-state index is 0.0370. The number of aromatic nitrogens is 2. The van der Waals surface area contributed by atoms with Crippen LogP contribution >= 0.6 is 11.8 Å². The highest BCUT2D eigenvalue weighted by atomic mass is 32.2. The summed E-state index contributed by atoms with van der Waals surface area (Å²) in [6.45, 7) is 2.39. The van der Waals surface area contributed by atoms with Crippen molar-refractivity contribution in [3.05, 3.63) is 58.4 Å². The number of carbonyl (C=O) groups is 1. The number of fused-ring (bicyclic) bond motifs is 1. The van der Waals surface area contributed by atoms with Gasteiger partial charge in [0, 0.05) is 19.7 Å². The first kappa shape index (κ1) is 23.6. The van der Waals surface area contributed by atoms with E-state index in [2.05, 4.69) is 10.3 Å². The molecule has 1 amide bonds. The zero-order valence-electron chi connectivity index (χ0n) is 18.3. The summed E-state index contributed by atoms with van der Waals surface area (Å²) < 4.78 is 12.1. The first-order valence-electron chi connectivity index (χ1n) is 10.2. The Morgan fingerprint density at radius 3 is 2.66 bits per heavy atom. The number of nitrogens with one attached hydrogen (secondary N) is 1. The summed E-state index contributed by atoms with van der Waals surface area (Å²) in [5.41, 5.74) is 1.28. The van der Waals surface area contributed by atoms with E-state index < -0.39 is 5.25 Å². The highest BCUT2D eigenvalue weighted by molar-refractivity contribution is 8.00. The predicted octanol–water partition coefficient (Wildman–Crippen LogP) is 2.59. The van der Waals surface area contributed by atoms with Crippen molar-refractivity contribution in [3.8, 4) is 11.5 Å². The van der Waals surface area contributed by atoms with Crippen LogP contribution < -0.4 is 20.3 Å². The SMILES string of the molecule is COc1ccc(CNC(=O)C(C)Sc2nc3ccccc3c(=O)n2CCCO)cc1OC. The Kier molecular flexibility index (Phi) is 8.13. The van der Waals surface area contributed by atoms with E-state index in [1.807, 2.05) is 18.2 Å². The lowest BCUT2D eigenvalue weighted by molar-refractivity contribution is -0.120. The number of benzene rings is 2. The van der Waals surface area contributed by atoms with Crippen LogP contribution in [0.2, 0.25) is 0 Å². The Morgan fingerprint density at radius 2 is 1.94 bits per heavy atom. The molecule has 1 atom stereocenters. The Morgan fingerprint density at radius 1 is 1.19 bits per heavy atom. The van der Waals surface area contributed by atoms with Crippen molar-refractivity contribution in [1.82, 2.24) is 14.9 Å². The van der Waals surface area contributed by atoms with Gasteiger partial charge in [-0.25, -0.2) is 4.98 Å². The van der Waals surface area contributed by atoms with Gasteiger partial charge in [0.15, 0.2) is 16.7 Å². The van der Waals surface area contributed by atoms with Gasteiger partial charge in [0.2, 0.25) is 5.91 Å². The van der Waals surface area contributed by atoms with Crippen LogP contribution in [-0.4, -0.2) is 46.6 Å². The number of aliphatic hydroxyl groups is 1. The highest BCUT2D eigenvalue weighted by Crippen LogP contribution is 2.28. The van der Waals surface area contributed by atoms with Crippen molar-refractivity contribution in [1.29, 1.82) is 0 Å². The third kappa shape index (κ3) is 5.41. The molecule has 1 unspecified atom stereocenters. The van der Waals surface area contributed by atoms with E-state index in [0.717, 1.165) is 5.56 Å². The van der Waals surface area contributed by atoms with E-state index in [0.29, 0.717) is 47.1 Å². The van der Waals surface area contributed by atoms with Crippen LogP contribution in [0, 0.1) is 0 Å². The molecule has 1 aromatic heterocycles. The molecule has 32 heavy (non-hydrogen) atoms. The van der Waals surface area contributed by atoms with Crippen LogP contribution in [0.1, 0.15) is 18.9 Å². The lowest BCUT2D eigenvalue weighted by Crippen LogP contribution is -2.31. The molecule has 9 heteroatoms. The molecule has 8 nitrogen and oxygen atoms in total. The highest BCUT2D eigenvalue weighted by Gasteiger charge is 2.19. The molecule has 0 aliphatic heterocycles.